The van der Waals surface area contributed by atoms with Crippen LogP contribution in [0.5, 0.6) is 0 Å². The Morgan fingerprint density at radius 2 is 1.62 bits per heavy atom. The van der Waals surface area contributed by atoms with Crippen LogP contribution in [0.4, 0.5) is 0 Å². The molecular formula is C11H24N2. The van der Waals surface area contributed by atoms with Gasteiger partial charge in [-0.05, 0) is 25.7 Å². The first-order chi connectivity index (χ1) is 5.93. The fourth-order valence-corrected chi connectivity index (χ4v) is 0.984. The summed E-state index contributed by atoms with van der Waals surface area (Å²) >= 11 is 0. The minimum Gasteiger partial charge on any atom is -0.295 e. The lowest BCUT2D eigenvalue weighted by molar-refractivity contribution is 0.207. The van der Waals surface area contributed by atoms with E-state index in [2.05, 4.69) is 51.7 Å². The molecule has 0 atom stereocenters. The maximum atomic E-state index is 4.47. The van der Waals surface area contributed by atoms with Crippen LogP contribution in [0.15, 0.2) is 5.10 Å². The molecule has 0 aliphatic rings. The zero-order valence-corrected chi connectivity index (χ0v) is 9.91. The standard InChI is InChI=1S/C11H24N2/c1-9(2)7-12-13(11(5)6)8-10(3)4/h7,9-11H,8H2,1-6H3/b12-7-. The highest BCUT2D eigenvalue weighted by Crippen LogP contribution is 2.04. The third-order valence-corrected chi connectivity index (χ3v) is 1.66. The number of hydrogen-bond acceptors (Lipinski definition) is 2. The Morgan fingerprint density at radius 1 is 1.08 bits per heavy atom. The summed E-state index contributed by atoms with van der Waals surface area (Å²) < 4.78 is 0. The number of rotatable bonds is 5. The van der Waals surface area contributed by atoms with Gasteiger partial charge in [0.1, 0.15) is 0 Å². The summed E-state index contributed by atoms with van der Waals surface area (Å²) in [6, 6.07) is 0.498. The van der Waals surface area contributed by atoms with E-state index < -0.39 is 0 Å². The maximum absolute atomic E-state index is 4.47. The van der Waals surface area contributed by atoms with Crippen molar-refractivity contribution in [2.45, 2.75) is 47.6 Å². The van der Waals surface area contributed by atoms with E-state index in [1.54, 1.807) is 0 Å². The molecule has 0 fully saturated rings. The molecule has 0 saturated heterocycles. The monoisotopic (exact) mass is 184 g/mol. The van der Waals surface area contributed by atoms with E-state index in [0.717, 1.165) is 6.54 Å². The average molecular weight is 184 g/mol. The minimum absolute atomic E-state index is 0.498. The summed E-state index contributed by atoms with van der Waals surface area (Å²) in [6.07, 6.45) is 2.02. The second-order valence-electron chi connectivity index (χ2n) is 4.62. The van der Waals surface area contributed by atoms with E-state index in [9.17, 15) is 0 Å². The fourth-order valence-electron chi connectivity index (χ4n) is 0.984. The summed E-state index contributed by atoms with van der Waals surface area (Å²) in [5.41, 5.74) is 0. The van der Waals surface area contributed by atoms with E-state index in [-0.39, 0.29) is 0 Å². The van der Waals surface area contributed by atoms with Crippen LogP contribution in [-0.2, 0) is 0 Å². The zero-order chi connectivity index (χ0) is 10.4. The van der Waals surface area contributed by atoms with E-state index in [0.29, 0.717) is 17.9 Å². The molecule has 13 heavy (non-hydrogen) atoms. The van der Waals surface area contributed by atoms with Gasteiger partial charge in [0.2, 0.25) is 0 Å². The molecule has 0 amide bonds. The van der Waals surface area contributed by atoms with Crippen molar-refractivity contribution >= 4 is 6.21 Å². The van der Waals surface area contributed by atoms with Crippen molar-refractivity contribution < 1.29 is 0 Å². The van der Waals surface area contributed by atoms with Gasteiger partial charge in [0.15, 0.2) is 0 Å². The van der Waals surface area contributed by atoms with Crippen LogP contribution < -0.4 is 0 Å². The Morgan fingerprint density at radius 3 is 1.92 bits per heavy atom. The van der Waals surface area contributed by atoms with E-state index >= 15 is 0 Å². The summed E-state index contributed by atoms with van der Waals surface area (Å²) in [6.45, 7) is 14.1. The van der Waals surface area contributed by atoms with E-state index in [1.165, 1.54) is 0 Å². The highest BCUT2D eigenvalue weighted by molar-refractivity contribution is 5.59. The highest BCUT2D eigenvalue weighted by Gasteiger charge is 2.07. The summed E-state index contributed by atoms with van der Waals surface area (Å²) in [5.74, 6) is 1.21. The lowest BCUT2D eigenvalue weighted by Gasteiger charge is -2.25. The quantitative estimate of drug-likeness (QED) is 0.474. The molecule has 0 aromatic carbocycles. The summed E-state index contributed by atoms with van der Waals surface area (Å²) in [4.78, 5) is 0. The fraction of sp³-hybridized carbons (Fsp3) is 0.909. The van der Waals surface area contributed by atoms with Gasteiger partial charge in [0, 0.05) is 18.8 Å². The molecule has 0 bridgehead atoms. The summed E-state index contributed by atoms with van der Waals surface area (Å²) in [5, 5.41) is 6.63. The van der Waals surface area contributed by atoms with E-state index in [1.807, 2.05) is 6.21 Å². The molecule has 0 saturated carbocycles. The Labute approximate surface area is 83.0 Å². The molecular weight excluding hydrogens is 160 g/mol. The lowest BCUT2D eigenvalue weighted by atomic mass is 10.2. The molecule has 0 unspecified atom stereocenters. The molecule has 0 spiro atoms. The van der Waals surface area contributed by atoms with Gasteiger partial charge in [-0.15, -0.1) is 0 Å². The predicted octanol–water partition coefficient (Wildman–Crippen LogP) is 2.99. The average Bonchev–Trinajstić information content (AvgIpc) is 1.96. The molecule has 78 valence electrons. The third kappa shape index (κ3) is 6.62. The van der Waals surface area contributed by atoms with Crippen LogP contribution in [0.3, 0.4) is 0 Å². The van der Waals surface area contributed by atoms with Crippen LogP contribution in [0.25, 0.3) is 0 Å². The molecule has 0 aromatic heterocycles. The first kappa shape index (κ1) is 12.5. The molecule has 0 N–H and O–H groups in total. The molecule has 0 radical (unpaired) electrons. The van der Waals surface area contributed by atoms with Gasteiger partial charge in [-0.25, -0.2) is 0 Å². The minimum atomic E-state index is 0.498. The van der Waals surface area contributed by atoms with Crippen LogP contribution in [0.2, 0.25) is 0 Å². The van der Waals surface area contributed by atoms with Gasteiger partial charge >= 0.3 is 0 Å². The Balaban J connectivity index is 4.10. The highest BCUT2D eigenvalue weighted by atomic mass is 15.5. The van der Waals surface area contributed by atoms with Crippen molar-refractivity contribution in [2.75, 3.05) is 6.54 Å². The van der Waals surface area contributed by atoms with Crippen LogP contribution in [0.1, 0.15) is 41.5 Å². The first-order valence-corrected chi connectivity index (χ1v) is 5.24. The van der Waals surface area contributed by atoms with Crippen molar-refractivity contribution in [3.8, 4) is 0 Å². The van der Waals surface area contributed by atoms with Crippen molar-refractivity contribution in [1.29, 1.82) is 0 Å². The first-order valence-electron chi connectivity index (χ1n) is 5.24. The molecule has 0 aromatic rings. The Hall–Kier alpha value is -0.530. The zero-order valence-electron chi connectivity index (χ0n) is 9.91. The van der Waals surface area contributed by atoms with Gasteiger partial charge in [0.25, 0.3) is 0 Å². The van der Waals surface area contributed by atoms with Gasteiger partial charge in [-0.2, -0.15) is 5.10 Å². The molecule has 2 nitrogen and oxygen atoms in total. The second kappa shape index (κ2) is 6.01. The topological polar surface area (TPSA) is 15.6 Å². The van der Waals surface area contributed by atoms with Crippen LogP contribution in [0, 0.1) is 11.8 Å². The van der Waals surface area contributed by atoms with Crippen molar-refractivity contribution in [3.63, 3.8) is 0 Å². The molecule has 0 aliphatic carbocycles. The SMILES string of the molecule is CC(C)/C=N\N(CC(C)C)C(C)C. The molecule has 2 heteroatoms. The van der Waals surface area contributed by atoms with Gasteiger partial charge < -0.3 is 0 Å². The van der Waals surface area contributed by atoms with Crippen molar-refractivity contribution in [3.05, 3.63) is 0 Å². The number of hydrogen-bond donors (Lipinski definition) is 0. The largest absolute Gasteiger partial charge is 0.295 e. The normalized spacial score (nSPS) is 12.4. The van der Waals surface area contributed by atoms with Crippen LogP contribution in [-0.4, -0.2) is 23.8 Å². The molecule has 0 aliphatic heterocycles. The molecule has 0 heterocycles. The smallest absolute Gasteiger partial charge is 0.0414 e. The maximum Gasteiger partial charge on any atom is 0.0414 e. The van der Waals surface area contributed by atoms with E-state index in [4.69, 9.17) is 0 Å². The summed E-state index contributed by atoms with van der Waals surface area (Å²) in [7, 11) is 0. The van der Waals surface area contributed by atoms with Crippen molar-refractivity contribution in [1.82, 2.24) is 5.01 Å². The third-order valence-electron chi connectivity index (χ3n) is 1.66. The predicted molar refractivity (Wildman–Crippen MR) is 60.0 cm³/mol. The second-order valence-corrected chi connectivity index (χ2v) is 4.62. The number of hydrazone groups is 1. The Bertz CT molecular complexity index is 148. The van der Waals surface area contributed by atoms with Crippen LogP contribution >= 0.6 is 0 Å². The van der Waals surface area contributed by atoms with Gasteiger partial charge in [-0.1, -0.05) is 27.7 Å². The molecule has 0 rings (SSSR count). The number of nitrogens with zero attached hydrogens (tertiary/aromatic N) is 2. The Kier molecular flexibility index (Phi) is 5.76. The lowest BCUT2D eigenvalue weighted by Crippen LogP contribution is -2.29. The van der Waals surface area contributed by atoms with Gasteiger partial charge in [-0.3, -0.25) is 5.01 Å². The van der Waals surface area contributed by atoms with Gasteiger partial charge in [0.05, 0.1) is 0 Å². The van der Waals surface area contributed by atoms with Crippen molar-refractivity contribution in [2.24, 2.45) is 16.9 Å².